The molecule has 5 nitrogen and oxygen atoms in total. The first-order valence-electron chi connectivity index (χ1n) is 8.64. The Balaban J connectivity index is 2.92. The molecule has 0 saturated carbocycles. The van der Waals surface area contributed by atoms with Crippen LogP contribution in [-0.2, 0) is 9.59 Å². The molecule has 0 bridgehead atoms. The minimum atomic E-state index is -0.848. The molecule has 0 saturated heterocycles. The minimum absolute atomic E-state index is 0.0452. The van der Waals surface area contributed by atoms with Gasteiger partial charge < -0.3 is 10.6 Å². The van der Waals surface area contributed by atoms with Crippen LogP contribution in [0.5, 0.6) is 0 Å². The number of benzene rings is 1. The Morgan fingerprint density at radius 1 is 1.12 bits per heavy atom. The number of carbonyl (C=O) groups excluding carboxylic acids is 2. The molecular formula is C19H30FN3O2. The molecule has 1 unspecified atom stereocenters. The van der Waals surface area contributed by atoms with Crippen molar-refractivity contribution < 1.29 is 14.0 Å². The fraction of sp³-hybridized carbons (Fsp3) is 0.579. The van der Waals surface area contributed by atoms with Gasteiger partial charge in [-0.2, -0.15) is 0 Å². The van der Waals surface area contributed by atoms with Gasteiger partial charge in [0.15, 0.2) is 0 Å². The number of hydrogen-bond donors (Lipinski definition) is 1. The summed E-state index contributed by atoms with van der Waals surface area (Å²) in [4.78, 5) is 28.0. The van der Waals surface area contributed by atoms with E-state index in [9.17, 15) is 14.0 Å². The van der Waals surface area contributed by atoms with Crippen LogP contribution in [0.15, 0.2) is 24.3 Å². The molecule has 0 aliphatic carbocycles. The zero-order chi connectivity index (χ0) is 19.1. The Kier molecular flexibility index (Phi) is 8.03. The van der Waals surface area contributed by atoms with Gasteiger partial charge in [-0.1, -0.05) is 39.8 Å². The van der Waals surface area contributed by atoms with Crippen LogP contribution in [0, 0.1) is 17.7 Å². The van der Waals surface area contributed by atoms with E-state index < -0.39 is 17.8 Å². The first-order valence-corrected chi connectivity index (χ1v) is 8.64. The molecule has 1 aromatic rings. The van der Waals surface area contributed by atoms with Crippen molar-refractivity contribution in [3.05, 3.63) is 35.6 Å². The smallest absolute Gasteiger partial charge is 0.239 e. The molecule has 0 fully saturated rings. The van der Waals surface area contributed by atoms with Gasteiger partial charge in [-0.3, -0.25) is 14.5 Å². The molecule has 2 amide bonds. The number of nitrogens with zero attached hydrogens (tertiary/aromatic N) is 2. The number of nitrogens with two attached hydrogens (primary N) is 1. The van der Waals surface area contributed by atoms with Crippen molar-refractivity contribution in [3.63, 3.8) is 0 Å². The largest absolute Gasteiger partial charge is 0.368 e. The van der Waals surface area contributed by atoms with Crippen molar-refractivity contribution >= 4 is 11.8 Å². The molecule has 0 aliphatic rings. The number of likely N-dealkylation sites (N-methyl/N-ethyl adjacent to an activating group) is 1. The molecule has 1 rings (SSSR count). The standard InChI is InChI=1S/C19H30FN3O2/c1-13(2)10-23(11-14(3)4)17(24)12-22(5)18(19(21)25)15-7-6-8-16(20)9-15/h6-9,13-14,18H,10-12H2,1-5H3,(H2,21,25). The summed E-state index contributed by atoms with van der Waals surface area (Å²) in [6, 6.07) is 4.90. The Morgan fingerprint density at radius 2 is 1.68 bits per heavy atom. The molecule has 1 aromatic carbocycles. The second-order valence-corrected chi connectivity index (χ2v) is 7.36. The normalized spacial score (nSPS) is 12.7. The third kappa shape index (κ3) is 6.82. The number of carbonyl (C=O) groups is 2. The lowest BCUT2D eigenvalue weighted by atomic mass is 10.0. The van der Waals surface area contributed by atoms with Crippen molar-refractivity contribution in [2.75, 3.05) is 26.7 Å². The number of primary amides is 1. The summed E-state index contributed by atoms with van der Waals surface area (Å²) in [5.41, 5.74) is 5.95. The van der Waals surface area contributed by atoms with E-state index in [0.717, 1.165) is 0 Å². The first-order chi connectivity index (χ1) is 11.6. The topological polar surface area (TPSA) is 66.6 Å². The molecule has 6 heteroatoms. The monoisotopic (exact) mass is 351 g/mol. The summed E-state index contributed by atoms with van der Waals surface area (Å²) in [5, 5.41) is 0. The van der Waals surface area contributed by atoms with Crippen LogP contribution in [-0.4, -0.2) is 48.3 Å². The van der Waals surface area contributed by atoms with Gasteiger partial charge in [0.1, 0.15) is 11.9 Å². The Hall–Kier alpha value is -1.95. The van der Waals surface area contributed by atoms with Gasteiger partial charge in [0.25, 0.3) is 0 Å². The molecule has 1 atom stereocenters. The van der Waals surface area contributed by atoms with E-state index in [2.05, 4.69) is 27.7 Å². The second-order valence-electron chi connectivity index (χ2n) is 7.36. The van der Waals surface area contributed by atoms with E-state index in [4.69, 9.17) is 5.73 Å². The number of hydrogen-bond acceptors (Lipinski definition) is 3. The van der Waals surface area contributed by atoms with Crippen LogP contribution in [0.1, 0.15) is 39.3 Å². The zero-order valence-electron chi connectivity index (χ0n) is 15.8. The van der Waals surface area contributed by atoms with E-state index >= 15 is 0 Å². The van der Waals surface area contributed by atoms with E-state index in [-0.39, 0.29) is 12.5 Å². The third-order valence-electron chi connectivity index (χ3n) is 3.78. The van der Waals surface area contributed by atoms with Crippen LogP contribution in [0.25, 0.3) is 0 Å². The maximum atomic E-state index is 13.5. The van der Waals surface area contributed by atoms with Gasteiger partial charge in [0.2, 0.25) is 11.8 Å². The number of halogens is 1. The van der Waals surface area contributed by atoms with Crippen LogP contribution in [0.2, 0.25) is 0 Å². The SMILES string of the molecule is CC(C)CN(CC(C)C)C(=O)CN(C)C(C(N)=O)c1cccc(F)c1. The third-order valence-corrected chi connectivity index (χ3v) is 3.78. The average molecular weight is 351 g/mol. The summed E-state index contributed by atoms with van der Waals surface area (Å²) in [6.45, 7) is 9.60. The molecule has 0 aromatic heterocycles. The summed E-state index contributed by atoms with van der Waals surface area (Å²) >= 11 is 0. The van der Waals surface area contributed by atoms with Gasteiger partial charge in [-0.15, -0.1) is 0 Å². The summed E-state index contributed by atoms with van der Waals surface area (Å²) in [7, 11) is 1.65. The predicted octanol–water partition coefficient (Wildman–Crippen LogP) is 2.42. The molecule has 0 spiro atoms. The minimum Gasteiger partial charge on any atom is -0.368 e. The van der Waals surface area contributed by atoms with Crippen molar-refractivity contribution in [2.45, 2.75) is 33.7 Å². The van der Waals surface area contributed by atoms with Crippen LogP contribution in [0.4, 0.5) is 4.39 Å². The molecule has 25 heavy (non-hydrogen) atoms. The highest BCUT2D eigenvalue weighted by atomic mass is 19.1. The summed E-state index contributed by atoms with van der Waals surface area (Å²) in [6.07, 6.45) is 0. The van der Waals surface area contributed by atoms with Crippen molar-refractivity contribution in [3.8, 4) is 0 Å². The van der Waals surface area contributed by atoms with E-state index in [1.165, 1.54) is 18.2 Å². The Bertz CT molecular complexity index is 580. The van der Waals surface area contributed by atoms with Gasteiger partial charge >= 0.3 is 0 Å². The van der Waals surface area contributed by atoms with Crippen molar-refractivity contribution in [1.82, 2.24) is 9.80 Å². The van der Waals surface area contributed by atoms with E-state index in [1.807, 2.05) is 4.90 Å². The maximum Gasteiger partial charge on any atom is 0.239 e. The van der Waals surface area contributed by atoms with Gasteiger partial charge in [-0.25, -0.2) is 4.39 Å². The van der Waals surface area contributed by atoms with Crippen molar-refractivity contribution in [2.24, 2.45) is 17.6 Å². The lowest BCUT2D eigenvalue weighted by Gasteiger charge is -2.31. The molecule has 0 radical (unpaired) electrons. The molecule has 0 aliphatic heterocycles. The molecular weight excluding hydrogens is 321 g/mol. The highest BCUT2D eigenvalue weighted by molar-refractivity contribution is 5.83. The average Bonchev–Trinajstić information content (AvgIpc) is 2.45. The van der Waals surface area contributed by atoms with Gasteiger partial charge in [0, 0.05) is 13.1 Å². The second kappa shape index (κ2) is 9.51. The molecule has 140 valence electrons. The van der Waals surface area contributed by atoms with Crippen LogP contribution >= 0.6 is 0 Å². The quantitative estimate of drug-likeness (QED) is 0.743. The van der Waals surface area contributed by atoms with Gasteiger partial charge in [-0.05, 0) is 36.6 Å². The highest BCUT2D eigenvalue weighted by Crippen LogP contribution is 2.20. The number of amides is 2. The van der Waals surface area contributed by atoms with E-state index in [0.29, 0.717) is 30.5 Å². The summed E-state index contributed by atoms with van der Waals surface area (Å²) in [5.74, 6) is -0.413. The lowest BCUT2D eigenvalue weighted by molar-refractivity contribution is -0.134. The highest BCUT2D eigenvalue weighted by Gasteiger charge is 2.27. The number of rotatable bonds is 9. The Morgan fingerprint density at radius 3 is 2.12 bits per heavy atom. The van der Waals surface area contributed by atoms with Crippen LogP contribution in [0.3, 0.4) is 0 Å². The van der Waals surface area contributed by atoms with Crippen molar-refractivity contribution in [1.29, 1.82) is 0 Å². The van der Waals surface area contributed by atoms with E-state index in [1.54, 1.807) is 18.0 Å². The molecule has 2 N–H and O–H groups in total. The maximum absolute atomic E-state index is 13.5. The predicted molar refractivity (Wildman–Crippen MR) is 97.2 cm³/mol. The fourth-order valence-corrected chi connectivity index (χ4v) is 2.88. The molecule has 0 heterocycles. The van der Waals surface area contributed by atoms with Gasteiger partial charge in [0.05, 0.1) is 6.54 Å². The first kappa shape index (κ1) is 21.1. The van der Waals surface area contributed by atoms with Crippen LogP contribution < -0.4 is 5.73 Å². The summed E-state index contributed by atoms with van der Waals surface area (Å²) < 4.78 is 13.5. The lowest BCUT2D eigenvalue weighted by Crippen LogP contribution is -2.45. The Labute approximate surface area is 150 Å². The zero-order valence-corrected chi connectivity index (χ0v) is 15.8. The fourth-order valence-electron chi connectivity index (χ4n) is 2.88.